The molecule has 0 spiro atoms. The Hall–Kier alpha value is 5.14. The first kappa shape index (κ1) is 29.2. The van der Waals surface area contributed by atoms with Crippen molar-refractivity contribution in [3.63, 3.8) is 0 Å². The minimum Gasteiger partial charge on any atom is -0.303 e. The van der Waals surface area contributed by atoms with E-state index in [2.05, 4.69) is 0 Å². The first-order chi connectivity index (χ1) is 2.00. The maximum Gasteiger partial charge on any atom is 0.466 e. The van der Waals surface area contributed by atoms with Gasteiger partial charge in [0, 0.05) is 151 Å². The molecule has 0 aromatic rings. The summed E-state index contributed by atoms with van der Waals surface area (Å²) in [6.07, 6.45) is 0. The van der Waals surface area contributed by atoms with Gasteiger partial charge in [-0.05, 0) is 0 Å². The molecule has 0 aliphatic heterocycles. The zero-order valence-electron chi connectivity index (χ0n) is 4.35. The van der Waals surface area contributed by atoms with Crippen molar-refractivity contribution in [3.05, 3.63) is 0 Å². The fraction of sp³-hybridized carbons (Fsp3) is 0. The summed E-state index contributed by atoms with van der Waals surface area (Å²) >= 11 is 0. The van der Waals surface area contributed by atoms with Crippen LogP contribution in [-0.4, -0.2) is 14.7 Å². The molecule has 9 heteroatoms. The van der Waals surface area contributed by atoms with Gasteiger partial charge in [-0.2, -0.15) is 0 Å². The van der Waals surface area contributed by atoms with E-state index in [1.165, 1.54) is 0 Å². The molecule has 0 bridgehead atoms. The quantitative estimate of drug-likeness (QED) is 0.310. The van der Waals surface area contributed by atoms with E-state index in [1.807, 2.05) is 0 Å². The smallest absolute Gasteiger partial charge is 0.303 e. The van der Waals surface area contributed by atoms with E-state index < -0.39 is 7.82 Å². The molecule has 0 saturated carbocycles. The molecule has 0 fully saturated rings. The van der Waals surface area contributed by atoms with Crippen LogP contribution in [0.25, 0.3) is 0 Å². The van der Waals surface area contributed by atoms with Crippen molar-refractivity contribution < 1.29 is 170 Å². The van der Waals surface area contributed by atoms with Gasteiger partial charge in [-0.1, -0.05) is 0 Å². The Kier molecular flexibility index (Phi) is 50.7. The first-order valence-electron chi connectivity index (χ1n) is 0.783. The van der Waals surface area contributed by atoms with Crippen molar-refractivity contribution in [2.45, 2.75) is 0 Å². The molecule has 9 heavy (non-hydrogen) atoms. The molecule has 0 saturated heterocycles. The predicted molar refractivity (Wildman–Crippen MR) is 14.3 cm³/mol. The molecule has 46 valence electrons. The number of rotatable bonds is 0. The summed E-state index contributed by atoms with van der Waals surface area (Å²) in [6.45, 7) is 0. The molecule has 0 rings (SSSR count). The van der Waals surface area contributed by atoms with E-state index >= 15 is 0 Å². The Bertz CT molecular complexity index is 66.7. The third-order valence-electron chi connectivity index (χ3n) is 0. The monoisotopic (exact) mass is 608 g/mol. The molecule has 0 aliphatic rings. The van der Waals surface area contributed by atoms with Crippen molar-refractivity contribution >= 4 is 7.82 Å². The topological polar surface area (TPSA) is 77.8 Å². The molecule has 0 atom stereocenters. The van der Waals surface area contributed by atoms with Gasteiger partial charge in [-0.25, -0.2) is 4.57 Å². The maximum atomic E-state index is 8.88. The van der Waals surface area contributed by atoms with Crippen molar-refractivity contribution in [1.82, 2.24) is 0 Å². The molecular formula is H3CeLaNdO4PY. The second-order valence-electron chi connectivity index (χ2n) is 0.513. The summed E-state index contributed by atoms with van der Waals surface area (Å²) in [5.74, 6) is 0. The fourth-order valence-electron chi connectivity index (χ4n) is 0. The fourth-order valence-corrected chi connectivity index (χ4v) is 0. The van der Waals surface area contributed by atoms with Crippen molar-refractivity contribution in [2.75, 3.05) is 0 Å². The third kappa shape index (κ3) is 61.8. The van der Waals surface area contributed by atoms with E-state index in [0.717, 1.165) is 0 Å². The van der Waals surface area contributed by atoms with Gasteiger partial charge in [-0.3, -0.25) is 0 Å². The largest absolute Gasteiger partial charge is 0.466 e. The summed E-state index contributed by atoms with van der Waals surface area (Å²) in [5.41, 5.74) is 0. The summed E-state index contributed by atoms with van der Waals surface area (Å²) in [7, 11) is -4.64. The van der Waals surface area contributed by atoms with Crippen LogP contribution in [0.15, 0.2) is 0 Å². The zero-order valence-corrected chi connectivity index (χ0v) is 18.1. The summed E-state index contributed by atoms with van der Waals surface area (Å²) in [4.78, 5) is 21.6. The maximum absolute atomic E-state index is 8.88. The van der Waals surface area contributed by atoms with Gasteiger partial charge in [0.15, 0.2) is 0 Å². The summed E-state index contributed by atoms with van der Waals surface area (Å²) < 4.78 is 8.88. The molecule has 0 aliphatic carbocycles. The average Bonchev–Trinajstić information content (AvgIpc) is 0.722. The zero-order chi connectivity index (χ0) is 4.50. The predicted octanol–water partition coefficient (Wildman–Crippen LogP) is -0.931. The normalized spacial score (nSPS) is 6.56. The molecule has 4 nitrogen and oxygen atoms in total. The van der Waals surface area contributed by atoms with Crippen molar-refractivity contribution in [3.8, 4) is 0 Å². The molecular weight excluding hydrogens is 607 g/mol. The van der Waals surface area contributed by atoms with E-state index in [1.54, 1.807) is 0 Å². The molecule has 0 amide bonds. The van der Waals surface area contributed by atoms with Crippen LogP contribution < -0.4 is 0 Å². The second-order valence-corrected chi connectivity index (χ2v) is 1.54. The first-order valence-corrected chi connectivity index (χ1v) is 2.35. The van der Waals surface area contributed by atoms with E-state index in [4.69, 9.17) is 19.2 Å². The molecule has 0 heterocycles. The molecule has 2 radical (unpaired) electrons. The Labute approximate surface area is 173 Å². The Morgan fingerprint density at radius 1 is 1.11 bits per heavy atom. The van der Waals surface area contributed by atoms with Crippen LogP contribution in [0.4, 0.5) is 0 Å². The van der Waals surface area contributed by atoms with Gasteiger partial charge in [-0.15, -0.1) is 0 Å². The van der Waals surface area contributed by atoms with Gasteiger partial charge in [0.05, 0.1) is 0 Å². The molecule has 3 N–H and O–H groups in total. The van der Waals surface area contributed by atoms with Crippen LogP contribution >= 0.6 is 7.82 Å². The van der Waals surface area contributed by atoms with Gasteiger partial charge < -0.3 is 14.7 Å². The van der Waals surface area contributed by atoms with Gasteiger partial charge in [0.2, 0.25) is 0 Å². The molecule has 0 aromatic heterocycles. The van der Waals surface area contributed by atoms with Gasteiger partial charge in [0.1, 0.15) is 0 Å². The number of hydrogen-bond acceptors (Lipinski definition) is 1. The summed E-state index contributed by atoms with van der Waals surface area (Å²) in [5, 5.41) is 0. The van der Waals surface area contributed by atoms with Crippen LogP contribution in [0.5, 0.6) is 0 Å². The standard InChI is InChI=1S/Ce.La.Nd.H3O4P.Y/c;;;1-5(2,3)4;/h;;;(H3,1,2,3,4);. The molecule has 0 aromatic carbocycles. The van der Waals surface area contributed by atoms with Crippen molar-refractivity contribution in [1.29, 1.82) is 0 Å². The minimum absolute atomic E-state index is 0. The average molecular weight is 610 g/mol. The third-order valence-corrected chi connectivity index (χ3v) is 0. The van der Waals surface area contributed by atoms with Crippen LogP contribution in [0.1, 0.15) is 0 Å². The van der Waals surface area contributed by atoms with Crippen LogP contribution in [0.3, 0.4) is 0 Å². The van der Waals surface area contributed by atoms with Gasteiger partial charge in [0.25, 0.3) is 0 Å². The Morgan fingerprint density at radius 2 is 1.11 bits per heavy atom. The van der Waals surface area contributed by atoms with Crippen molar-refractivity contribution in [2.24, 2.45) is 0 Å². The van der Waals surface area contributed by atoms with E-state index in [0.29, 0.717) is 0 Å². The minimum atomic E-state index is -4.64. The summed E-state index contributed by atoms with van der Waals surface area (Å²) in [6, 6.07) is 0. The van der Waals surface area contributed by atoms with Crippen LogP contribution in [-0.2, 0) is 37.3 Å². The SMILES string of the molecule is O=P(O)(O)O.[Ce].[La].[Nd].[Y]. The van der Waals surface area contributed by atoms with Crippen LogP contribution in [0.2, 0.25) is 0 Å². The van der Waals surface area contributed by atoms with Gasteiger partial charge >= 0.3 is 7.82 Å². The van der Waals surface area contributed by atoms with E-state index in [-0.39, 0.29) is 151 Å². The number of hydrogen-bond donors (Lipinski definition) is 3. The van der Waals surface area contributed by atoms with Crippen LogP contribution in [0, 0.1) is 118 Å². The second kappa shape index (κ2) is 15.6. The van der Waals surface area contributed by atoms with E-state index in [9.17, 15) is 0 Å². The number of phosphoric acid groups is 1. The molecule has 0 unspecified atom stereocenters. The Balaban J connectivity index is -0.0000000133. The Morgan fingerprint density at radius 3 is 1.11 bits per heavy atom.